The average molecular weight is 175 g/mol. The van der Waals surface area contributed by atoms with E-state index in [2.05, 4.69) is 12.2 Å². The molecule has 12 heavy (non-hydrogen) atoms. The van der Waals surface area contributed by atoms with Crippen molar-refractivity contribution in [2.24, 2.45) is 0 Å². The zero-order valence-corrected chi connectivity index (χ0v) is 8.14. The Morgan fingerprint density at radius 3 is 2.33 bits per heavy atom. The van der Waals surface area contributed by atoms with Crippen molar-refractivity contribution in [3.8, 4) is 0 Å². The van der Waals surface area contributed by atoms with Crippen LogP contribution in [0.5, 0.6) is 0 Å². The average Bonchev–Trinajstić information content (AvgIpc) is 2.12. The van der Waals surface area contributed by atoms with Crippen LogP contribution in [0.15, 0.2) is 0 Å². The molecule has 1 unspecified atom stereocenters. The van der Waals surface area contributed by atoms with E-state index in [1.54, 1.807) is 0 Å². The highest BCUT2D eigenvalue weighted by Crippen LogP contribution is 2.07. The number of nitrogens with one attached hydrogen (secondary N) is 1. The Kier molecular flexibility index (Phi) is 6.34. The molecule has 0 fully saturated rings. The number of unbranched alkanes of at least 4 members (excludes halogenated alkanes) is 1. The van der Waals surface area contributed by atoms with Crippen LogP contribution in [0.25, 0.3) is 0 Å². The van der Waals surface area contributed by atoms with E-state index in [-0.39, 0.29) is 18.8 Å². The summed E-state index contributed by atoms with van der Waals surface area (Å²) in [5, 5.41) is 20.8. The van der Waals surface area contributed by atoms with Crippen molar-refractivity contribution in [2.45, 2.75) is 38.6 Å². The second-order valence-corrected chi connectivity index (χ2v) is 3.43. The second kappa shape index (κ2) is 6.40. The van der Waals surface area contributed by atoms with Crippen molar-refractivity contribution < 1.29 is 10.2 Å². The molecular formula is C9H21NO2. The summed E-state index contributed by atoms with van der Waals surface area (Å²) in [5.74, 6) is 0. The molecule has 0 aromatic rings. The Hall–Kier alpha value is -0.120. The first kappa shape index (κ1) is 11.9. The monoisotopic (exact) mass is 175 g/mol. The van der Waals surface area contributed by atoms with Gasteiger partial charge in [0.05, 0.1) is 6.61 Å². The fraction of sp³-hybridized carbons (Fsp3) is 1.00. The van der Waals surface area contributed by atoms with Gasteiger partial charge in [0, 0.05) is 12.1 Å². The van der Waals surface area contributed by atoms with E-state index in [1.165, 1.54) is 0 Å². The Bertz CT molecular complexity index is 103. The molecule has 74 valence electrons. The molecule has 3 heteroatoms. The molecule has 0 saturated carbocycles. The lowest BCUT2D eigenvalue weighted by atomic mass is 10.0. The van der Waals surface area contributed by atoms with Crippen LogP contribution in [0.4, 0.5) is 0 Å². The van der Waals surface area contributed by atoms with E-state index in [0.717, 1.165) is 25.8 Å². The lowest BCUT2D eigenvalue weighted by molar-refractivity contribution is 0.169. The third kappa shape index (κ3) is 4.70. The van der Waals surface area contributed by atoms with Gasteiger partial charge in [-0.2, -0.15) is 0 Å². The summed E-state index contributed by atoms with van der Waals surface area (Å²) in [7, 11) is 0. The minimum atomic E-state index is -0.143. The Balaban J connectivity index is 3.45. The number of hydrogen-bond donors (Lipinski definition) is 3. The van der Waals surface area contributed by atoms with Crippen molar-refractivity contribution in [3.05, 3.63) is 0 Å². The van der Waals surface area contributed by atoms with Gasteiger partial charge in [-0.15, -0.1) is 0 Å². The molecule has 0 bridgehead atoms. The van der Waals surface area contributed by atoms with Crippen LogP contribution in [-0.2, 0) is 0 Å². The molecular weight excluding hydrogens is 154 g/mol. The van der Waals surface area contributed by atoms with E-state index in [1.807, 2.05) is 6.92 Å². The molecule has 0 radical (unpaired) electrons. The molecule has 1 atom stereocenters. The predicted molar refractivity (Wildman–Crippen MR) is 50.1 cm³/mol. The van der Waals surface area contributed by atoms with E-state index in [0.29, 0.717) is 0 Å². The first-order valence-electron chi connectivity index (χ1n) is 4.65. The molecule has 0 amide bonds. The highest BCUT2D eigenvalue weighted by molar-refractivity contribution is 4.79. The third-order valence-electron chi connectivity index (χ3n) is 2.27. The zero-order chi connectivity index (χ0) is 9.45. The maximum atomic E-state index is 9.03. The van der Waals surface area contributed by atoms with Crippen LogP contribution < -0.4 is 5.32 Å². The molecule has 0 spiro atoms. The van der Waals surface area contributed by atoms with E-state index in [4.69, 9.17) is 10.2 Å². The van der Waals surface area contributed by atoms with Gasteiger partial charge in [-0.25, -0.2) is 0 Å². The minimum Gasteiger partial charge on any atom is -0.396 e. The summed E-state index contributed by atoms with van der Waals surface area (Å²) < 4.78 is 0. The van der Waals surface area contributed by atoms with Gasteiger partial charge < -0.3 is 15.5 Å². The quantitative estimate of drug-likeness (QED) is 0.494. The zero-order valence-electron chi connectivity index (χ0n) is 8.14. The summed E-state index contributed by atoms with van der Waals surface area (Å²) in [4.78, 5) is 0. The van der Waals surface area contributed by atoms with E-state index >= 15 is 0 Å². The van der Waals surface area contributed by atoms with Gasteiger partial charge in [0.25, 0.3) is 0 Å². The Morgan fingerprint density at radius 1 is 1.25 bits per heavy atom. The highest BCUT2D eigenvalue weighted by Gasteiger charge is 2.18. The molecule has 0 saturated heterocycles. The van der Waals surface area contributed by atoms with Crippen LogP contribution in [0.2, 0.25) is 0 Å². The fourth-order valence-electron chi connectivity index (χ4n) is 0.920. The third-order valence-corrected chi connectivity index (χ3v) is 2.27. The highest BCUT2D eigenvalue weighted by atomic mass is 16.3. The van der Waals surface area contributed by atoms with Gasteiger partial charge in [-0.05, 0) is 32.7 Å². The summed E-state index contributed by atoms with van der Waals surface area (Å²) in [6.07, 6.45) is 2.72. The smallest absolute Gasteiger partial charge is 0.0610 e. The number of aliphatic hydroxyl groups is 2. The molecule has 3 nitrogen and oxygen atoms in total. The first-order chi connectivity index (χ1) is 5.68. The Morgan fingerprint density at radius 2 is 1.92 bits per heavy atom. The standard InChI is InChI=1S/C9H21NO2/c1-3-9(2,8-12)10-6-4-5-7-11/h10-12H,3-8H2,1-2H3. The molecule has 0 aliphatic carbocycles. The van der Waals surface area contributed by atoms with Crippen molar-refractivity contribution >= 4 is 0 Å². The molecule has 0 aromatic carbocycles. The van der Waals surface area contributed by atoms with Crippen molar-refractivity contribution in [1.29, 1.82) is 0 Å². The van der Waals surface area contributed by atoms with Crippen LogP contribution in [-0.4, -0.2) is 35.5 Å². The maximum Gasteiger partial charge on any atom is 0.0610 e. The van der Waals surface area contributed by atoms with Gasteiger partial charge in [-0.3, -0.25) is 0 Å². The number of hydrogen-bond acceptors (Lipinski definition) is 3. The summed E-state index contributed by atoms with van der Waals surface area (Å²) >= 11 is 0. The van der Waals surface area contributed by atoms with Crippen molar-refractivity contribution in [3.63, 3.8) is 0 Å². The SMILES string of the molecule is CCC(C)(CO)NCCCCO. The van der Waals surface area contributed by atoms with Gasteiger partial charge in [0.1, 0.15) is 0 Å². The van der Waals surface area contributed by atoms with Gasteiger partial charge in [0.2, 0.25) is 0 Å². The van der Waals surface area contributed by atoms with Gasteiger partial charge >= 0.3 is 0 Å². The molecule has 0 aromatic heterocycles. The predicted octanol–water partition coefficient (Wildman–Crippen LogP) is 0.510. The van der Waals surface area contributed by atoms with Crippen molar-refractivity contribution in [2.75, 3.05) is 19.8 Å². The summed E-state index contributed by atoms with van der Waals surface area (Å²) in [5.41, 5.74) is -0.143. The molecule has 0 heterocycles. The number of rotatable bonds is 7. The fourth-order valence-corrected chi connectivity index (χ4v) is 0.920. The molecule has 0 aliphatic heterocycles. The molecule has 3 N–H and O–H groups in total. The van der Waals surface area contributed by atoms with Crippen LogP contribution in [0.1, 0.15) is 33.1 Å². The summed E-state index contributed by atoms with van der Waals surface area (Å²) in [6, 6.07) is 0. The lowest BCUT2D eigenvalue weighted by Gasteiger charge is -2.27. The van der Waals surface area contributed by atoms with Crippen LogP contribution in [0, 0.1) is 0 Å². The minimum absolute atomic E-state index is 0.143. The van der Waals surface area contributed by atoms with E-state index in [9.17, 15) is 0 Å². The molecule has 0 rings (SSSR count). The maximum absolute atomic E-state index is 9.03. The first-order valence-corrected chi connectivity index (χ1v) is 4.65. The largest absolute Gasteiger partial charge is 0.396 e. The lowest BCUT2D eigenvalue weighted by Crippen LogP contribution is -2.45. The van der Waals surface area contributed by atoms with Gasteiger partial charge in [0.15, 0.2) is 0 Å². The summed E-state index contributed by atoms with van der Waals surface area (Å²) in [6.45, 7) is 5.35. The van der Waals surface area contributed by atoms with E-state index < -0.39 is 0 Å². The van der Waals surface area contributed by atoms with Gasteiger partial charge in [-0.1, -0.05) is 6.92 Å². The Labute approximate surface area is 74.8 Å². The normalized spacial score (nSPS) is 16.0. The molecule has 0 aliphatic rings. The second-order valence-electron chi connectivity index (χ2n) is 3.43. The topological polar surface area (TPSA) is 52.5 Å². The number of aliphatic hydroxyl groups excluding tert-OH is 2. The van der Waals surface area contributed by atoms with Crippen molar-refractivity contribution in [1.82, 2.24) is 5.32 Å². The van der Waals surface area contributed by atoms with Crippen LogP contribution >= 0.6 is 0 Å². The van der Waals surface area contributed by atoms with Crippen LogP contribution in [0.3, 0.4) is 0 Å².